The lowest BCUT2D eigenvalue weighted by Crippen LogP contribution is -2.46. The molecule has 1 fully saturated rings. The lowest BCUT2D eigenvalue weighted by molar-refractivity contribution is -0.117. The lowest BCUT2D eigenvalue weighted by Gasteiger charge is -2.35. The first-order chi connectivity index (χ1) is 16.4. The third kappa shape index (κ3) is 5.81. The van der Waals surface area contributed by atoms with Crippen LogP contribution in [0.2, 0.25) is 0 Å². The minimum atomic E-state index is -3.93. The molecule has 2 aliphatic heterocycles. The Morgan fingerprint density at radius 1 is 1.00 bits per heavy atom. The molecule has 34 heavy (non-hydrogen) atoms. The van der Waals surface area contributed by atoms with Crippen LogP contribution in [0, 0.1) is 0 Å². The van der Waals surface area contributed by atoms with Crippen molar-refractivity contribution in [2.24, 2.45) is 0 Å². The molecule has 0 aromatic heterocycles. The molecule has 1 amide bonds. The molecule has 9 nitrogen and oxygen atoms in total. The van der Waals surface area contributed by atoms with E-state index in [4.69, 9.17) is 9.47 Å². The van der Waals surface area contributed by atoms with Crippen molar-refractivity contribution in [2.75, 3.05) is 56.2 Å². The molecule has 0 unspecified atom stereocenters. The molecular weight excluding hydrogens is 456 g/mol. The average Bonchev–Trinajstić information content (AvgIpc) is 3.09. The number of amides is 1. The van der Waals surface area contributed by atoms with Gasteiger partial charge in [0, 0.05) is 50.0 Å². The maximum absolute atomic E-state index is 12.8. The van der Waals surface area contributed by atoms with Crippen LogP contribution in [-0.2, 0) is 14.8 Å². The first-order valence-electron chi connectivity index (χ1n) is 11.7. The second kappa shape index (κ2) is 10.6. The summed E-state index contributed by atoms with van der Waals surface area (Å²) in [6.45, 7) is 9.74. The van der Waals surface area contributed by atoms with Crippen LogP contribution < -0.4 is 24.4 Å². The standard InChI is InChI=1S/C24H32N4O5S/c1-3-27-11-13-28(14-12-27)20-7-5-19(6-8-20)25-24(29)18(2)26-34(30,31)21-9-10-22-23(17-21)33-16-4-15-32-22/h5-10,17-18,26H,3-4,11-16H2,1-2H3,(H,25,29)/t18-/m1/s1. The second-order valence-corrected chi connectivity index (χ2v) is 10.2. The molecule has 0 spiro atoms. The van der Waals surface area contributed by atoms with E-state index in [-0.39, 0.29) is 4.90 Å². The second-order valence-electron chi connectivity index (χ2n) is 8.46. The number of likely N-dealkylation sites (N-methyl/N-ethyl adjacent to an activating group) is 1. The molecule has 2 aromatic carbocycles. The molecule has 0 aliphatic carbocycles. The van der Waals surface area contributed by atoms with E-state index in [0.717, 1.165) is 44.8 Å². The molecule has 1 atom stereocenters. The van der Waals surface area contributed by atoms with Crippen molar-refractivity contribution in [3.8, 4) is 11.5 Å². The van der Waals surface area contributed by atoms with Gasteiger partial charge in [-0.15, -0.1) is 0 Å². The minimum Gasteiger partial charge on any atom is -0.490 e. The number of nitrogens with zero attached hydrogens (tertiary/aromatic N) is 2. The van der Waals surface area contributed by atoms with Gasteiger partial charge in [-0.2, -0.15) is 4.72 Å². The molecule has 2 aromatic rings. The summed E-state index contributed by atoms with van der Waals surface area (Å²) < 4.78 is 39.2. The number of sulfonamides is 1. The number of carbonyl (C=O) groups excluding carboxylic acids is 1. The summed E-state index contributed by atoms with van der Waals surface area (Å²) in [6, 6.07) is 11.1. The Morgan fingerprint density at radius 2 is 1.68 bits per heavy atom. The molecule has 0 radical (unpaired) electrons. The Balaban J connectivity index is 1.35. The molecule has 2 aliphatic rings. The summed E-state index contributed by atoms with van der Waals surface area (Å²) >= 11 is 0. The van der Waals surface area contributed by atoms with Crippen LogP contribution in [0.4, 0.5) is 11.4 Å². The Labute approximate surface area is 201 Å². The van der Waals surface area contributed by atoms with Crippen LogP contribution in [0.5, 0.6) is 11.5 Å². The van der Waals surface area contributed by atoms with Crippen LogP contribution >= 0.6 is 0 Å². The van der Waals surface area contributed by atoms with Gasteiger partial charge in [-0.25, -0.2) is 8.42 Å². The van der Waals surface area contributed by atoms with E-state index in [0.29, 0.717) is 30.4 Å². The number of anilines is 2. The molecule has 2 N–H and O–H groups in total. The number of hydrogen-bond donors (Lipinski definition) is 2. The zero-order chi connectivity index (χ0) is 24.1. The van der Waals surface area contributed by atoms with E-state index in [1.807, 2.05) is 24.3 Å². The Kier molecular flexibility index (Phi) is 7.60. The fraction of sp³-hybridized carbons (Fsp3) is 0.458. The summed E-state index contributed by atoms with van der Waals surface area (Å²) in [6.07, 6.45) is 0.725. The predicted octanol–water partition coefficient (Wildman–Crippen LogP) is 2.30. The van der Waals surface area contributed by atoms with Gasteiger partial charge in [0.1, 0.15) is 0 Å². The van der Waals surface area contributed by atoms with Gasteiger partial charge in [-0.1, -0.05) is 6.92 Å². The maximum atomic E-state index is 12.8. The van der Waals surface area contributed by atoms with E-state index in [2.05, 4.69) is 26.8 Å². The fourth-order valence-corrected chi connectivity index (χ4v) is 5.21. The summed E-state index contributed by atoms with van der Waals surface area (Å²) in [7, 11) is -3.93. The molecule has 4 rings (SSSR count). The Morgan fingerprint density at radius 3 is 2.35 bits per heavy atom. The summed E-state index contributed by atoms with van der Waals surface area (Å²) in [5.41, 5.74) is 1.72. The van der Waals surface area contributed by atoms with Gasteiger partial charge in [0.25, 0.3) is 0 Å². The van der Waals surface area contributed by atoms with Gasteiger partial charge in [0.05, 0.1) is 24.2 Å². The van der Waals surface area contributed by atoms with Crippen LogP contribution in [0.15, 0.2) is 47.4 Å². The quantitative estimate of drug-likeness (QED) is 0.617. The van der Waals surface area contributed by atoms with Gasteiger partial charge in [-0.3, -0.25) is 4.79 Å². The zero-order valence-electron chi connectivity index (χ0n) is 19.6. The molecule has 10 heteroatoms. The topological polar surface area (TPSA) is 100 Å². The first-order valence-corrected chi connectivity index (χ1v) is 13.1. The normalized spacial score (nSPS) is 17.6. The highest BCUT2D eigenvalue weighted by atomic mass is 32.2. The zero-order valence-corrected chi connectivity index (χ0v) is 20.4. The number of hydrogen-bond acceptors (Lipinski definition) is 7. The largest absolute Gasteiger partial charge is 0.490 e. The van der Waals surface area contributed by atoms with Crippen molar-refractivity contribution in [2.45, 2.75) is 31.2 Å². The van der Waals surface area contributed by atoms with Crippen molar-refractivity contribution in [1.29, 1.82) is 0 Å². The van der Waals surface area contributed by atoms with Gasteiger partial charge >= 0.3 is 0 Å². The molecule has 0 bridgehead atoms. The Hall–Kier alpha value is -2.82. The number of piperazine rings is 1. The highest BCUT2D eigenvalue weighted by molar-refractivity contribution is 7.89. The van der Waals surface area contributed by atoms with Gasteiger partial charge < -0.3 is 24.6 Å². The Bertz CT molecular complexity index is 1100. The van der Waals surface area contributed by atoms with Crippen molar-refractivity contribution in [3.05, 3.63) is 42.5 Å². The third-order valence-corrected chi connectivity index (χ3v) is 7.61. The van der Waals surface area contributed by atoms with Crippen molar-refractivity contribution in [3.63, 3.8) is 0 Å². The molecule has 2 heterocycles. The number of nitrogens with one attached hydrogen (secondary N) is 2. The van der Waals surface area contributed by atoms with Crippen LogP contribution in [-0.4, -0.2) is 71.2 Å². The molecular formula is C24H32N4O5S. The van der Waals surface area contributed by atoms with Gasteiger partial charge in [0.15, 0.2) is 11.5 Å². The molecule has 184 valence electrons. The average molecular weight is 489 g/mol. The molecule has 1 saturated heterocycles. The van der Waals surface area contributed by atoms with Gasteiger partial charge in [0.2, 0.25) is 15.9 Å². The highest BCUT2D eigenvalue weighted by Crippen LogP contribution is 2.32. The SMILES string of the molecule is CCN1CCN(c2ccc(NC(=O)[C@@H](C)NS(=O)(=O)c3ccc4c(c3)OCCCO4)cc2)CC1. The van der Waals surface area contributed by atoms with E-state index >= 15 is 0 Å². The lowest BCUT2D eigenvalue weighted by atomic mass is 10.2. The highest BCUT2D eigenvalue weighted by Gasteiger charge is 2.24. The van der Waals surface area contributed by atoms with Crippen LogP contribution in [0.1, 0.15) is 20.3 Å². The fourth-order valence-electron chi connectivity index (χ4n) is 3.99. The van der Waals surface area contributed by atoms with Gasteiger partial charge in [-0.05, 0) is 49.9 Å². The monoisotopic (exact) mass is 488 g/mol. The minimum absolute atomic E-state index is 0.0175. The number of rotatable bonds is 7. The van der Waals surface area contributed by atoms with E-state index in [1.54, 1.807) is 6.07 Å². The van der Waals surface area contributed by atoms with E-state index in [1.165, 1.54) is 19.1 Å². The number of benzene rings is 2. The summed E-state index contributed by atoms with van der Waals surface area (Å²) in [4.78, 5) is 17.4. The van der Waals surface area contributed by atoms with Crippen molar-refractivity contribution in [1.82, 2.24) is 9.62 Å². The van der Waals surface area contributed by atoms with Crippen molar-refractivity contribution >= 4 is 27.3 Å². The van der Waals surface area contributed by atoms with E-state index < -0.39 is 22.0 Å². The van der Waals surface area contributed by atoms with Crippen molar-refractivity contribution < 1.29 is 22.7 Å². The summed E-state index contributed by atoms with van der Waals surface area (Å²) in [5, 5.41) is 2.78. The summed E-state index contributed by atoms with van der Waals surface area (Å²) in [5.74, 6) is 0.453. The van der Waals surface area contributed by atoms with Crippen LogP contribution in [0.25, 0.3) is 0 Å². The predicted molar refractivity (Wildman–Crippen MR) is 131 cm³/mol. The smallest absolute Gasteiger partial charge is 0.242 e. The maximum Gasteiger partial charge on any atom is 0.242 e. The first kappa shape index (κ1) is 24.3. The van der Waals surface area contributed by atoms with Crippen LogP contribution in [0.3, 0.4) is 0 Å². The number of ether oxygens (including phenoxy) is 2. The van der Waals surface area contributed by atoms with E-state index in [9.17, 15) is 13.2 Å². The number of carbonyl (C=O) groups is 1. The number of fused-ring (bicyclic) bond motifs is 1. The molecule has 0 saturated carbocycles. The third-order valence-electron chi connectivity index (χ3n) is 6.07.